The third-order valence-electron chi connectivity index (χ3n) is 10.9. The summed E-state index contributed by atoms with van der Waals surface area (Å²) in [5.74, 6) is -1.55. The van der Waals surface area contributed by atoms with Crippen LogP contribution in [0.1, 0.15) is 92.9 Å². The number of carbonyl (C=O) groups excluding carboxylic acids is 4. The maximum atomic E-state index is 14.9. The summed E-state index contributed by atoms with van der Waals surface area (Å²) in [5, 5.41) is 6.62. The summed E-state index contributed by atoms with van der Waals surface area (Å²) < 4.78 is 45.9. The molecule has 4 amide bonds. The molecule has 2 aliphatic carbocycles. The summed E-state index contributed by atoms with van der Waals surface area (Å²) in [6.45, 7) is 11.6. The molecule has 300 valence electrons. The molecular weight excluding hydrogens is 727 g/mol. The number of benzene rings is 1. The van der Waals surface area contributed by atoms with E-state index in [1.165, 1.54) is 4.90 Å². The van der Waals surface area contributed by atoms with Crippen molar-refractivity contribution in [2.75, 3.05) is 13.2 Å². The largest absolute Gasteiger partial charge is 0.492 e. The third-order valence-corrected chi connectivity index (χ3v) is 12.8. The highest BCUT2D eigenvalue weighted by Crippen LogP contribution is 2.46. The number of nitrogens with one attached hydrogen (secondary N) is 3. The minimum Gasteiger partial charge on any atom is -0.492 e. The number of rotatable bonds is 9. The maximum absolute atomic E-state index is 14.9. The fourth-order valence-electron chi connectivity index (χ4n) is 7.81. The van der Waals surface area contributed by atoms with E-state index in [-0.39, 0.29) is 31.2 Å². The first kappa shape index (κ1) is 40.3. The van der Waals surface area contributed by atoms with Crippen LogP contribution < -0.4 is 24.8 Å². The van der Waals surface area contributed by atoms with E-state index in [1.54, 1.807) is 27.0 Å². The number of pyridine rings is 1. The molecule has 1 aromatic carbocycles. The summed E-state index contributed by atoms with van der Waals surface area (Å²) in [7, 11) is -3.90. The van der Waals surface area contributed by atoms with Crippen molar-refractivity contribution in [2.45, 2.75) is 127 Å². The summed E-state index contributed by atoms with van der Waals surface area (Å²) >= 11 is 0. The van der Waals surface area contributed by atoms with Crippen molar-refractivity contribution in [1.29, 1.82) is 0 Å². The molecule has 2 aromatic rings. The van der Waals surface area contributed by atoms with Gasteiger partial charge in [0.25, 0.3) is 5.91 Å². The number of alkyl carbamates (subject to hydrolysis) is 1. The standard InChI is InChI=1S/C40H55N5O9S/c1-7-25-19-24(3)13-9-10-14-26-21-40(26,37(48)44-55(50,51)28-17-18-28)43-34(46)31-20-27(23-45(31)36(47)33(25)42-38(49)54-39(4,5)6)53-35-30-16-12-11-15-29(30)32(22-41-35)52-8-2/h10-12,14-16,22,24-28,31,33H,7-9,13,17-21,23H2,1-6H3,(H,42,49)(H,43,46)(H,44,48)/b14-10-/t24-,25-,26-,27-,31+,33+,40-/m1/s1. The molecule has 15 heteroatoms. The van der Waals surface area contributed by atoms with Gasteiger partial charge in [-0.1, -0.05) is 50.6 Å². The number of carbonyl (C=O) groups is 4. The lowest BCUT2D eigenvalue weighted by atomic mass is 9.85. The van der Waals surface area contributed by atoms with Crippen molar-refractivity contribution < 1.29 is 41.8 Å². The number of hydrogen-bond acceptors (Lipinski definition) is 10. The number of amides is 4. The molecule has 2 aliphatic heterocycles. The number of allylic oxidation sites excluding steroid dienone is 1. The van der Waals surface area contributed by atoms with Crippen molar-refractivity contribution >= 4 is 44.6 Å². The maximum Gasteiger partial charge on any atom is 0.408 e. The molecule has 4 aliphatic rings. The number of nitrogens with zero attached hydrogens (tertiary/aromatic N) is 2. The van der Waals surface area contributed by atoms with Gasteiger partial charge in [-0.05, 0) is 84.1 Å². The Hall–Kier alpha value is -4.40. The van der Waals surface area contributed by atoms with Gasteiger partial charge < -0.3 is 29.7 Å². The Morgan fingerprint density at radius 3 is 2.47 bits per heavy atom. The van der Waals surface area contributed by atoms with Crippen LogP contribution >= 0.6 is 0 Å². The monoisotopic (exact) mass is 781 g/mol. The molecular formula is C40H55N5O9S. The lowest BCUT2D eigenvalue weighted by Crippen LogP contribution is -2.59. The number of hydrogen-bond donors (Lipinski definition) is 3. The highest BCUT2D eigenvalue weighted by atomic mass is 32.2. The minimum atomic E-state index is -3.90. The Labute approximate surface area is 323 Å². The van der Waals surface area contributed by atoms with Crippen LogP contribution in [0.25, 0.3) is 10.8 Å². The van der Waals surface area contributed by atoms with Crippen LogP contribution in [0.15, 0.2) is 42.6 Å². The highest BCUT2D eigenvalue weighted by Gasteiger charge is 2.62. The Morgan fingerprint density at radius 1 is 1.07 bits per heavy atom. The molecule has 3 fully saturated rings. The van der Waals surface area contributed by atoms with E-state index in [4.69, 9.17) is 14.2 Å². The second-order valence-electron chi connectivity index (χ2n) is 16.5. The van der Waals surface area contributed by atoms with Gasteiger partial charge in [-0.25, -0.2) is 18.2 Å². The van der Waals surface area contributed by atoms with Crippen LogP contribution in [0.3, 0.4) is 0 Å². The number of ether oxygens (including phenoxy) is 3. The Morgan fingerprint density at radius 2 is 1.80 bits per heavy atom. The molecule has 7 atom stereocenters. The fraction of sp³-hybridized carbons (Fsp3) is 0.625. The van der Waals surface area contributed by atoms with Crippen molar-refractivity contribution in [1.82, 2.24) is 25.2 Å². The van der Waals surface area contributed by atoms with E-state index in [0.29, 0.717) is 55.7 Å². The quantitative estimate of drug-likeness (QED) is 0.300. The molecule has 3 N–H and O–H groups in total. The van der Waals surface area contributed by atoms with Crippen molar-refractivity contribution in [3.8, 4) is 11.6 Å². The number of fused-ring (bicyclic) bond motifs is 3. The average Bonchev–Trinajstić information content (AvgIpc) is 4.05. The molecule has 0 bridgehead atoms. The van der Waals surface area contributed by atoms with Gasteiger partial charge in [-0.2, -0.15) is 0 Å². The summed E-state index contributed by atoms with van der Waals surface area (Å²) in [6, 6.07) is 5.35. The lowest BCUT2D eigenvalue weighted by molar-refractivity contribution is -0.142. The molecule has 1 aromatic heterocycles. The summed E-state index contributed by atoms with van der Waals surface area (Å²) in [4.78, 5) is 62.5. The molecule has 3 heterocycles. The molecule has 0 spiro atoms. The van der Waals surface area contributed by atoms with Crippen molar-refractivity contribution in [2.24, 2.45) is 17.8 Å². The minimum absolute atomic E-state index is 0.0167. The summed E-state index contributed by atoms with van der Waals surface area (Å²) in [5.41, 5.74) is -2.33. The second-order valence-corrected chi connectivity index (χ2v) is 18.4. The zero-order valence-electron chi connectivity index (χ0n) is 32.6. The average molecular weight is 782 g/mol. The van der Waals surface area contributed by atoms with Crippen LogP contribution in [0.5, 0.6) is 11.6 Å². The lowest BCUT2D eigenvalue weighted by Gasteiger charge is -2.34. The molecule has 55 heavy (non-hydrogen) atoms. The van der Waals surface area contributed by atoms with Gasteiger partial charge in [-0.15, -0.1) is 0 Å². The zero-order valence-corrected chi connectivity index (χ0v) is 33.4. The van der Waals surface area contributed by atoms with Crippen LogP contribution in [0.2, 0.25) is 0 Å². The van der Waals surface area contributed by atoms with Gasteiger partial charge in [0.1, 0.15) is 35.1 Å². The second kappa shape index (κ2) is 16.0. The molecule has 1 saturated heterocycles. The van der Waals surface area contributed by atoms with E-state index in [0.717, 1.165) is 11.8 Å². The van der Waals surface area contributed by atoms with Gasteiger partial charge in [0.05, 0.1) is 24.6 Å². The smallest absolute Gasteiger partial charge is 0.408 e. The number of sulfonamides is 1. The van der Waals surface area contributed by atoms with E-state index >= 15 is 0 Å². The van der Waals surface area contributed by atoms with Gasteiger partial charge in [0.2, 0.25) is 27.7 Å². The zero-order chi connectivity index (χ0) is 39.7. The fourth-order valence-corrected chi connectivity index (χ4v) is 9.18. The predicted octanol–water partition coefficient (Wildman–Crippen LogP) is 4.76. The first-order chi connectivity index (χ1) is 26.0. The first-order valence-electron chi connectivity index (χ1n) is 19.6. The Balaban J connectivity index is 1.36. The van der Waals surface area contributed by atoms with E-state index in [9.17, 15) is 27.6 Å². The SMILES string of the molecule is CCOc1cnc(O[C@@H]2C[C@H]3C(=O)N[C@]4(C(=O)NS(=O)(=O)C5CC5)C[C@H]4/C=C\CC[C@@H](C)C[C@@H](CC)[C@H](NC(=O)OC(C)(C)C)C(=O)N3C2)c2ccccc12. The topological polar surface area (TPSA) is 182 Å². The van der Waals surface area contributed by atoms with E-state index in [1.807, 2.05) is 50.3 Å². The molecule has 14 nitrogen and oxygen atoms in total. The third kappa shape index (κ3) is 9.19. The van der Waals surface area contributed by atoms with Gasteiger partial charge in [0, 0.05) is 23.1 Å². The number of aromatic nitrogens is 1. The van der Waals surface area contributed by atoms with Gasteiger partial charge in [-0.3, -0.25) is 19.1 Å². The predicted molar refractivity (Wildman–Crippen MR) is 206 cm³/mol. The molecule has 6 rings (SSSR count). The molecule has 0 unspecified atom stereocenters. The van der Waals surface area contributed by atoms with Crippen LogP contribution in [0, 0.1) is 17.8 Å². The molecule has 2 saturated carbocycles. The van der Waals surface area contributed by atoms with Crippen LogP contribution in [-0.2, 0) is 29.1 Å². The van der Waals surface area contributed by atoms with E-state index < -0.39 is 74.3 Å². The van der Waals surface area contributed by atoms with Crippen molar-refractivity contribution in [3.63, 3.8) is 0 Å². The van der Waals surface area contributed by atoms with Gasteiger partial charge >= 0.3 is 6.09 Å². The van der Waals surface area contributed by atoms with Crippen LogP contribution in [-0.4, -0.2) is 89.8 Å². The van der Waals surface area contributed by atoms with Gasteiger partial charge in [0.15, 0.2) is 0 Å². The highest BCUT2D eigenvalue weighted by molar-refractivity contribution is 7.91. The summed E-state index contributed by atoms with van der Waals surface area (Å²) in [6.07, 6.45) is 7.84. The Kier molecular flexibility index (Phi) is 11.7. The molecule has 0 radical (unpaired) electrons. The first-order valence-corrected chi connectivity index (χ1v) is 21.1. The van der Waals surface area contributed by atoms with Crippen molar-refractivity contribution in [3.05, 3.63) is 42.6 Å². The van der Waals surface area contributed by atoms with Crippen LogP contribution in [0.4, 0.5) is 4.79 Å². The normalized spacial score (nSPS) is 29.5. The van der Waals surface area contributed by atoms with E-state index in [2.05, 4.69) is 27.3 Å². The Bertz CT molecular complexity index is 1930.